The van der Waals surface area contributed by atoms with Crippen molar-refractivity contribution in [3.8, 4) is 6.07 Å². The molecule has 2 aromatic carbocycles. The van der Waals surface area contributed by atoms with Crippen LogP contribution in [-0.2, 0) is 13.6 Å². The molecule has 2 N–H and O–H groups in total. The van der Waals surface area contributed by atoms with Crippen LogP contribution in [0, 0.1) is 17.1 Å². The first-order valence-electron chi connectivity index (χ1n) is 8.89. The molecule has 2 aromatic heterocycles. The Morgan fingerprint density at radius 2 is 1.93 bits per heavy atom. The fourth-order valence-electron chi connectivity index (χ4n) is 3.05. The van der Waals surface area contributed by atoms with E-state index in [0.29, 0.717) is 39.4 Å². The van der Waals surface area contributed by atoms with Crippen LogP contribution in [0.3, 0.4) is 0 Å². The SMILES string of the molecule is Cn1cncc1CNc1cc(Cl)c2ncc(C#N)c(Nc3ccc(F)c(Cl)c3)c2c1. The summed E-state index contributed by atoms with van der Waals surface area (Å²) >= 11 is 12.4. The molecule has 30 heavy (non-hydrogen) atoms. The minimum atomic E-state index is -0.521. The number of hydrogen-bond donors (Lipinski definition) is 2. The van der Waals surface area contributed by atoms with Crippen LogP contribution in [0.2, 0.25) is 10.0 Å². The third kappa shape index (κ3) is 3.88. The molecule has 0 saturated heterocycles. The zero-order chi connectivity index (χ0) is 21.3. The number of imidazole rings is 1. The summed E-state index contributed by atoms with van der Waals surface area (Å²) in [5.74, 6) is -0.521. The molecule has 0 aliphatic heterocycles. The van der Waals surface area contributed by atoms with Crippen LogP contribution in [-0.4, -0.2) is 14.5 Å². The average Bonchev–Trinajstić information content (AvgIpc) is 3.14. The van der Waals surface area contributed by atoms with E-state index in [1.54, 1.807) is 24.7 Å². The van der Waals surface area contributed by atoms with E-state index >= 15 is 0 Å². The number of rotatable bonds is 5. The van der Waals surface area contributed by atoms with Crippen molar-refractivity contribution in [1.82, 2.24) is 14.5 Å². The first-order valence-corrected chi connectivity index (χ1v) is 9.65. The van der Waals surface area contributed by atoms with E-state index in [2.05, 4.69) is 26.7 Å². The summed E-state index contributed by atoms with van der Waals surface area (Å²) in [5, 5.41) is 17.1. The lowest BCUT2D eigenvalue weighted by molar-refractivity contribution is 0.628. The Bertz CT molecular complexity index is 1290. The number of benzene rings is 2. The third-order valence-electron chi connectivity index (χ3n) is 4.62. The molecule has 6 nitrogen and oxygen atoms in total. The summed E-state index contributed by atoms with van der Waals surface area (Å²) in [7, 11) is 1.91. The average molecular weight is 441 g/mol. The Morgan fingerprint density at radius 3 is 2.63 bits per heavy atom. The van der Waals surface area contributed by atoms with Crippen LogP contribution < -0.4 is 10.6 Å². The normalized spacial score (nSPS) is 10.8. The van der Waals surface area contributed by atoms with E-state index in [-0.39, 0.29) is 5.02 Å². The topological polar surface area (TPSA) is 78.6 Å². The predicted octanol–water partition coefficient (Wildman–Crippen LogP) is 5.64. The fraction of sp³-hybridized carbons (Fsp3) is 0.0952. The molecular formula is C21H15Cl2FN6. The van der Waals surface area contributed by atoms with Gasteiger partial charge in [0.05, 0.1) is 45.4 Å². The summed E-state index contributed by atoms with van der Waals surface area (Å²) in [6, 6.07) is 10.0. The lowest BCUT2D eigenvalue weighted by Crippen LogP contribution is -2.04. The smallest absolute Gasteiger partial charge is 0.141 e. The molecule has 0 fully saturated rings. The number of anilines is 3. The maximum Gasteiger partial charge on any atom is 0.141 e. The second-order valence-electron chi connectivity index (χ2n) is 6.62. The van der Waals surface area contributed by atoms with Gasteiger partial charge in [-0.1, -0.05) is 23.2 Å². The Morgan fingerprint density at radius 1 is 1.13 bits per heavy atom. The summed E-state index contributed by atoms with van der Waals surface area (Å²) < 4.78 is 15.4. The zero-order valence-electron chi connectivity index (χ0n) is 15.7. The van der Waals surface area contributed by atoms with Crippen molar-refractivity contribution in [1.29, 1.82) is 5.26 Å². The number of nitrogens with zero attached hydrogens (tertiary/aromatic N) is 4. The van der Waals surface area contributed by atoms with Crippen molar-refractivity contribution in [2.45, 2.75) is 6.54 Å². The largest absolute Gasteiger partial charge is 0.379 e. The van der Waals surface area contributed by atoms with Gasteiger partial charge in [0.25, 0.3) is 0 Å². The quantitative estimate of drug-likeness (QED) is 0.419. The maximum absolute atomic E-state index is 13.5. The number of halogens is 3. The highest BCUT2D eigenvalue weighted by molar-refractivity contribution is 6.36. The van der Waals surface area contributed by atoms with Gasteiger partial charge in [-0.25, -0.2) is 9.37 Å². The van der Waals surface area contributed by atoms with Gasteiger partial charge in [0.1, 0.15) is 11.9 Å². The monoisotopic (exact) mass is 440 g/mol. The Kier molecular flexibility index (Phi) is 5.44. The number of nitrogens with one attached hydrogen (secondary N) is 2. The van der Waals surface area contributed by atoms with Gasteiger partial charge in [0.15, 0.2) is 0 Å². The van der Waals surface area contributed by atoms with Gasteiger partial charge in [-0.2, -0.15) is 5.26 Å². The lowest BCUT2D eigenvalue weighted by Gasteiger charge is -2.15. The minimum Gasteiger partial charge on any atom is -0.379 e. The van der Waals surface area contributed by atoms with E-state index in [1.165, 1.54) is 18.3 Å². The van der Waals surface area contributed by atoms with Gasteiger partial charge in [-0.15, -0.1) is 0 Å². The second kappa shape index (κ2) is 8.19. The van der Waals surface area contributed by atoms with Gasteiger partial charge >= 0.3 is 0 Å². The molecule has 9 heteroatoms. The highest BCUT2D eigenvalue weighted by Gasteiger charge is 2.14. The Balaban J connectivity index is 1.77. The molecule has 4 rings (SSSR count). The van der Waals surface area contributed by atoms with E-state index in [4.69, 9.17) is 23.2 Å². The number of aromatic nitrogens is 3. The van der Waals surface area contributed by atoms with E-state index in [9.17, 15) is 9.65 Å². The third-order valence-corrected chi connectivity index (χ3v) is 5.20. The van der Waals surface area contributed by atoms with E-state index in [1.807, 2.05) is 17.7 Å². The highest BCUT2D eigenvalue weighted by atomic mass is 35.5. The number of fused-ring (bicyclic) bond motifs is 1. The molecule has 0 bridgehead atoms. The van der Waals surface area contributed by atoms with Gasteiger partial charge in [-0.05, 0) is 30.3 Å². The van der Waals surface area contributed by atoms with Crippen LogP contribution >= 0.6 is 23.2 Å². The molecule has 0 spiro atoms. The van der Waals surface area contributed by atoms with Crippen LogP contribution in [0.4, 0.5) is 21.5 Å². The zero-order valence-corrected chi connectivity index (χ0v) is 17.3. The van der Waals surface area contributed by atoms with Crippen molar-refractivity contribution >= 4 is 51.2 Å². The van der Waals surface area contributed by atoms with E-state index < -0.39 is 5.82 Å². The molecule has 150 valence electrons. The molecule has 4 aromatic rings. The second-order valence-corrected chi connectivity index (χ2v) is 7.43. The standard InChI is InChI=1S/C21H15Cl2FN6/c1-30-11-26-9-15(30)10-27-14-4-16-20(29-13-2-3-19(24)17(22)5-13)12(7-25)8-28-21(16)18(23)6-14/h2-6,8-9,11,27H,10H2,1H3,(H,28,29). The van der Waals surface area contributed by atoms with Crippen molar-refractivity contribution in [2.75, 3.05) is 10.6 Å². The fourth-order valence-corrected chi connectivity index (χ4v) is 3.50. The minimum absolute atomic E-state index is 0.0200. The number of aryl methyl sites for hydroxylation is 1. The molecule has 0 aliphatic carbocycles. The van der Waals surface area contributed by atoms with Gasteiger partial charge in [0, 0.05) is 36.2 Å². The maximum atomic E-state index is 13.5. The molecule has 0 unspecified atom stereocenters. The van der Waals surface area contributed by atoms with Crippen LogP contribution in [0.25, 0.3) is 10.9 Å². The number of pyridine rings is 1. The molecule has 0 radical (unpaired) electrons. The molecule has 0 aliphatic rings. The van der Waals surface area contributed by atoms with Crippen LogP contribution in [0.15, 0.2) is 49.1 Å². The Labute approximate surface area is 181 Å². The van der Waals surface area contributed by atoms with Gasteiger partial charge < -0.3 is 15.2 Å². The van der Waals surface area contributed by atoms with E-state index in [0.717, 1.165) is 11.4 Å². The van der Waals surface area contributed by atoms with Crippen molar-refractivity contribution in [3.05, 3.63) is 76.2 Å². The first-order chi connectivity index (χ1) is 14.5. The van der Waals surface area contributed by atoms with Crippen molar-refractivity contribution in [3.63, 3.8) is 0 Å². The summed E-state index contributed by atoms with van der Waals surface area (Å²) in [4.78, 5) is 8.43. The lowest BCUT2D eigenvalue weighted by atomic mass is 10.1. The molecule has 0 atom stereocenters. The van der Waals surface area contributed by atoms with Crippen LogP contribution in [0.1, 0.15) is 11.3 Å². The highest BCUT2D eigenvalue weighted by Crippen LogP contribution is 2.35. The molecule has 0 amide bonds. The molecular weight excluding hydrogens is 426 g/mol. The van der Waals surface area contributed by atoms with Crippen molar-refractivity contribution < 1.29 is 4.39 Å². The molecule has 2 heterocycles. The van der Waals surface area contributed by atoms with Gasteiger partial charge in [0.2, 0.25) is 0 Å². The molecule has 0 saturated carbocycles. The summed E-state index contributed by atoms with van der Waals surface area (Å²) in [6.07, 6.45) is 4.95. The number of nitriles is 1. The predicted molar refractivity (Wildman–Crippen MR) is 117 cm³/mol. The Hall–Kier alpha value is -3.34. The first kappa shape index (κ1) is 20.0. The van der Waals surface area contributed by atoms with Crippen molar-refractivity contribution in [2.24, 2.45) is 7.05 Å². The summed E-state index contributed by atoms with van der Waals surface area (Å²) in [6.45, 7) is 0.542. The summed E-state index contributed by atoms with van der Waals surface area (Å²) in [5.41, 5.74) is 3.66. The van der Waals surface area contributed by atoms with Crippen LogP contribution in [0.5, 0.6) is 0 Å². The number of hydrogen-bond acceptors (Lipinski definition) is 5. The van der Waals surface area contributed by atoms with Gasteiger partial charge in [-0.3, -0.25) is 4.98 Å².